The summed E-state index contributed by atoms with van der Waals surface area (Å²) in [5, 5.41) is 18.8. The molecule has 19 heavy (non-hydrogen) atoms. The van der Waals surface area contributed by atoms with Gasteiger partial charge in [-0.25, -0.2) is 4.39 Å². The topological polar surface area (TPSA) is 76.0 Å². The number of hydrogen-bond acceptors (Lipinski definition) is 4. The Morgan fingerprint density at radius 2 is 2.05 bits per heavy atom. The summed E-state index contributed by atoms with van der Waals surface area (Å²) in [6.07, 6.45) is -0.264. The lowest BCUT2D eigenvalue weighted by Gasteiger charge is -2.30. The van der Waals surface area contributed by atoms with Crippen molar-refractivity contribution in [3.63, 3.8) is 0 Å². The maximum atomic E-state index is 13.7. The van der Waals surface area contributed by atoms with Gasteiger partial charge in [-0.3, -0.25) is 4.79 Å². The zero-order valence-corrected chi connectivity index (χ0v) is 10.7. The number of ether oxygens (including phenoxy) is 2. The molecule has 1 aromatic carbocycles. The molecule has 1 aromatic rings. The number of rotatable bonds is 3. The first-order chi connectivity index (χ1) is 8.83. The number of halogens is 1. The molecule has 0 fully saturated rings. The highest BCUT2D eigenvalue weighted by atomic mass is 19.1. The molecule has 0 spiro atoms. The van der Waals surface area contributed by atoms with Crippen molar-refractivity contribution in [2.24, 2.45) is 0 Å². The molecule has 0 unspecified atom stereocenters. The Labute approximate surface area is 109 Å². The number of benzene rings is 1. The maximum Gasteiger partial charge on any atom is 0.304 e. The van der Waals surface area contributed by atoms with E-state index >= 15 is 0 Å². The SMILES string of the molecule is CC(C)(CC(=O)O)c1c(O)c(F)cc2c1OCCO2. The molecule has 0 atom stereocenters. The summed E-state index contributed by atoms with van der Waals surface area (Å²) in [7, 11) is 0. The first-order valence-electron chi connectivity index (χ1n) is 5.86. The van der Waals surface area contributed by atoms with Crippen LogP contribution in [-0.2, 0) is 10.2 Å². The quantitative estimate of drug-likeness (QED) is 0.879. The summed E-state index contributed by atoms with van der Waals surface area (Å²) in [6.45, 7) is 3.77. The van der Waals surface area contributed by atoms with Gasteiger partial charge in [0.1, 0.15) is 13.2 Å². The smallest absolute Gasteiger partial charge is 0.304 e. The average molecular weight is 270 g/mol. The third-order valence-corrected chi connectivity index (χ3v) is 3.03. The number of aliphatic carboxylic acids is 1. The van der Waals surface area contributed by atoms with Gasteiger partial charge in [-0.15, -0.1) is 0 Å². The van der Waals surface area contributed by atoms with Gasteiger partial charge in [0.15, 0.2) is 23.1 Å². The molecule has 6 heteroatoms. The van der Waals surface area contributed by atoms with Crippen molar-refractivity contribution in [2.75, 3.05) is 13.2 Å². The van der Waals surface area contributed by atoms with Gasteiger partial charge in [0.25, 0.3) is 0 Å². The molecule has 0 bridgehead atoms. The van der Waals surface area contributed by atoms with Gasteiger partial charge < -0.3 is 19.7 Å². The van der Waals surface area contributed by atoms with E-state index in [1.165, 1.54) is 0 Å². The summed E-state index contributed by atoms with van der Waals surface area (Å²) in [6, 6.07) is 1.05. The van der Waals surface area contributed by atoms with Crippen molar-refractivity contribution in [3.05, 3.63) is 17.4 Å². The number of carboxylic acid groups (broad SMARTS) is 1. The van der Waals surface area contributed by atoms with Gasteiger partial charge in [-0.1, -0.05) is 13.8 Å². The molecule has 104 valence electrons. The third kappa shape index (κ3) is 2.43. The van der Waals surface area contributed by atoms with Gasteiger partial charge in [-0.05, 0) is 0 Å². The molecule has 0 aliphatic carbocycles. The van der Waals surface area contributed by atoms with E-state index in [9.17, 15) is 14.3 Å². The first kappa shape index (κ1) is 13.5. The predicted molar refractivity (Wildman–Crippen MR) is 64.3 cm³/mol. The number of hydrogen-bond donors (Lipinski definition) is 2. The number of aromatic hydroxyl groups is 1. The average Bonchev–Trinajstić information content (AvgIpc) is 2.28. The van der Waals surface area contributed by atoms with E-state index < -0.39 is 23.0 Å². The number of fused-ring (bicyclic) bond motifs is 1. The van der Waals surface area contributed by atoms with Crippen LogP contribution in [0.2, 0.25) is 0 Å². The van der Waals surface area contributed by atoms with Crippen LogP contribution in [0.25, 0.3) is 0 Å². The maximum absolute atomic E-state index is 13.7. The number of carbonyl (C=O) groups is 1. The van der Waals surface area contributed by atoms with Crippen LogP contribution in [0.5, 0.6) is 17.2 Å². The van der Waals surface area contributed by atoms with E-state index in [2.05, 4.69) is 0 Å². The van der Waals surface area contributed by atoms with E-state index in [1.54, 1.807) is 13.8 Å². The molecule has 0 saturated carbocycles. The molecular weight excluding hydrogens is 255 g/mol. The Morgan fingerprint density at radius 3 is 2.68 bits per heavy atom. The molecule has 0 amide bonds. The minimum Gasteiger partial charge on any atom is -0.505 e. The highest BCUT2D eigenvalue weighted by Crippen LogP contribution is 2.47. The first-order valence-corrected chi connectivity index (χ1v) is 5.86. The molecule has 5 nitrogen and oxygen atoms in total. The minimum absolute atomic E-state index is 0.129. The minimum atomic E-state index is -1.04. The second-order valence-electron chi connectivity index (χ2n) is 5.06. The second-order valence-corrected chi connectivity index (χ2v) is 5.06. The summed E-state index contributed by atoms with van der Waals surface area (Å²) >= 11 is 0. The molecule has 2 N–H and O–H groups in total. The van der Waals surface area contributed by atoms with E-state index in [-0.39, 0.29) is 36.7 Å². The monoisotopic (exact) mass is 270 g/mol. The fraction of sp³-hybridized carbons (Fsp3) is 0.462. The molecule has 0 aromatic heterocycles. The lowest BCUT2D eigenvalue weighted by molar-refractivity contribution is -0.138. The van der Waals surface area contributed by atoms with Crippen molar-refractivity contribution >= 4 is 5.97 Å². The Bertz CT molecular complexity index is 524. The van der Waals surface area contributed by atoms with Gasteiger partial charge in [0, 0.05) is 17.0 Å². The fourth-order valence-electron chi connectivity index (χ4n) is 2.24. The van der Waals surface area contributed by atoms with Crippen molar-refractivity contribution in [2.45, 2.75) is 25.7 Å². The van der Waals surface area contributed by atoms with Gasteiger partial charge in [0.05, 0.1) is 6.42 Å². The van der Waals surface area contributed by atoms with E-state index in [4.69, 9.17) is 14.6 Å². The molecule has 1 aliphatic rings. The van der Waals surface area contributed by atoms with Crippen LogP contribution in [0.15, 0.2) is 6.07 Å². The lowest BCUT2D eigenvalue weighted by Crippen LogP contribution is -2.26. The number of phenols is 1. The van der Waals surface area contributed by atoms with Crippen LogP contribution in [0.3, 0.4) is 0 Å². The Balaban J connectivity index is 2.60. The fourth-order valence-corrected chi connectivity index (χ4v) is 2.24. The highest BCUT2D eigenvalue weighted by Gasteiger charge is 2.35. The van der Waals surface area contributed by atoms with Crippen LogP contribution in [0.4, 0.5) is 4.39 Å². The van der Waals surface area contributed by atoms with Crippen molar-refractivity contribution in [1.82, 2.24) is 0 Å². The van der Waals surface area contributed by atoms with E-state index in [1.807, 2.05) is 0 Å². The van der Waals surface area contributed by atoms with Crippen molar-refractivity contribution in [3.8, 4) is 17.2 Å². The van der Waals surface area contributed by atoms with Crippen LogP contribution >= 0.6 is 0 Å². The zero-order valence-electron chi connectivity index (χ0n) is 10.7. The van der Waals surface area contributed by atoms with Gasteiger partial charge >= 0.3 is 5.97 Å². The number of carboxylic acids is 1. The van der Waals surface area contributed by atoms with Crippen LogP contribution < -0.4 is 9.47 Å². The zero-order chi connectivity index (χ0) is 14.2. The summed E-state index contributed by atoms with van der Waals surface area (Å²) < 4.78 is 24.4. The largest absolute Gasteiger partial charge is 0.505 e. The molecular formula is C13H15FO5. The van der Waals surface area contributed by atoms with Crippen molar-refractivity contribution < 1.29 is 28.9 Å². The van der Waals surface area contributed by atoms with Crippen LogP contribution in [-0.4, -0.2) is 29.4 Å². The van der Waals surface area contributed by atoms with E-state index in [0.717, 1.165) is 6.07 Å². The molecule has 0 saturated heterocycles. The molecule has 0 radical (unpaired) electrons. The Hall–Kier alpha value is -1.98. The standard InChI is InChI=1S/C13H15FO5/c1-13(2,6-9(15)16)10-11(17)7(14)5-8-12(10)19-4-3-18-8/h5,17H,3-4,6H2,1-2H3,(H,15,16). The van der Waals surface area contributed by atoms with Crippen molar-refractivity contribution in [1.29, 1.82) is 0 Å². The summed E-state index contributed by atoms with van der Waals surface area (Å²) in [4.78, 5) is 10.9. The molecule has 1 aliphatic heterocycles. The summed E-state index contributed by atoms with van der Waals surface area (Å²) in [5.41, 5.74) is -0.854. The Morgan fingerprint density at radius 1 is 1.42 bits per heavy atom. The number of phenolic OH excluding ortho intramolecular Hbond substituents is 1. The predicted octanol–water partition coefficient (Wildman–Crippen LogP) is 2.05. The Kier molecular flexibility index (Phi) is 3.26. The van der Waals surface area contributed by atoms with Crippen LogP contribution in [0.1, 0.15) is 25.8 Å². The summed E-state index contributed by atoms with van der Waals surface area (Å²) in [5.74, 6) is -2.07. The third-order valence-electron chi connectivity index (χ3n) is 3.03. The molecule has 2 rings (SSSR count). The second kappa shape index (κ2) is 4.60. The normalized spacial score (nSPS) is 14.3. The molecule has 1 heterocycles. The van der Waals surface area contributed by atoms with Gasteiger partial charge in [-0.2, -0.15) is 0 Å². The van der Waals surface area contributed by atoms with Gasteiger partial charge in [0.2, 0.25) is 0 Å². The lowest BCUT2D eigenvalue weighted by atomic mass is 9.80. The highest BCUT2D eigenvalue weighted by molar-refractivity contribution is 5.70. The van der Waals surface area contributed by atoms with E-state index in [0.29, 0.717) is 0 Å². The van der Waals surface area contributed by atoms with Crippen LogP contribution in [0, 0.1) is 5.82 Å².